The van der Waals surface area contributed by atoms with E-state index in [1.165, 1.54) is 5.56 Å². The van der Waals surface area contributed by atoms with E-state index in [1.807, 2.05) is 30.9 Å². The van der Waals surface area contributed by atoms with Gasteiger partial charge in [0.05, 0.1) is 5.69 Å². The van der Waals surface area contributed by atoms with Crippen molar-refractivity contribution in [2.45, 2.75) is 52.6 Å². The summed E-state index contributed by atoms with van der Waals surface area (Å²) in [5.74, 6) is 1.29. The van der Waals surface area contributed by atoms with Crippen LogP contribution in [0, 0.1) is 0 Å². The average molecular weight is 261 g/mol. The predicted molar refractivity (Wildman–Crippen MR) is 77.9 cm³/mol. The monoisotopic (exact) mass is 261 g/mol. The molecule has 0 radical (unpaired) electrons. The van der Waals surface area contributed by atoms with E-state index in [-0.39, 0.29) is 5.91 Å². The molecule has 0 N–H and O–H groups in total. The number of carbonyl (C=O) groups is 1. The average Bonchev–Trinajstić information content (AvgIpc) is 2.33. The van der Waals surface area contributed by atoms with Gasteiger partial charge in [0.1, 0.15) is 5.75 Å². The fraction of sp³-hybridized carbons (Fsp3) is 0.562. The van der Waals surface area contributed by atoms with E-state index in [4.69, 9.17) is 4.74 Å². The van der Waals surface area contributed by atoms with Crippen molar-refractivity contribution in [1.29, 1.82) is 0 Å². The quantitative estimate of drug-likeness (QED) is 0.830. The Balaban J connectivity index is 2.58. The number of carbonyl (C=O) groups excluding carboxylic acids is 1. The number of nitrogens with zero attached hydrogens (tertiary/aromatic N) is 1. The molecule has 3 heteroatoms. The number of hydrogen-bond acceptors (Lipinski definition) is 2. The fourth-order valence-corrected chi connectivity index (χ4v) is 2.50. The molecule has 1 amide bonds. The van der Waals surface area contributed by atoms with Gasteiger partial charge in [-0.3, -0.25) is 4.79 Å². The van der Waals surface area contributed by atoms with E-state index < -0.39 is 5.60 Å². The van der Waals surface area contributed by atoms with Gasteiger partial charge in [0.25, 0.3) is 5.91 Å². The maximum absolute atomic E-state index is 12.5. The van der Waals surface area contributed by atoms with Crippen molar-refractivity contribution in [3.05, 3.63) is 23.8 Å². The van der Waals surface area contributed by atoms with Gasteiger partial charge in [0.2, 0.25) is 0 Å². The van der Waals surface area contributed by atoms with Crippen molar-refractivity contribution in [1.82, 2.24) is 0 Å². The van der Waals surface area contributed by atoms with Gasteiger partial charge in [-0.2, -0.15) is 0 Å². The fourth-order valence-electron chi connectivity index (χ4n) is 2.50. The highest BCUT2D eigenvalue weighted by atomic mass is 16.5. The van der Waals surface area contributed by atoms with Crippen molar-refractivity contribution in [3.63, 3.8) is 0 Å². The third kappa shape index (κ3) is 2.34. The summed E-state index contributed by atoms with van der Waals surface area (Å²) in [6.07, 6.45) is 0.938. The highest BCUT2D eigenvalue weighted by Gasteiger charge is 2.41. The number of amides is 1. The van der Waals surface area contributed by atoms with Gasteiger partial charge in [-0.1, -0.05) is 32.9 Å². The molecule has 0 saturated heterocycles. The molecule has 0 atom stereocenters. The molecule has 0 bridgehead atoms. The molecule has 0 aliphatic carbocycles. The van der Waals surface area contributed by atoms with Crippen LogP contribution in [0.25, 0.3) is 0 Å². The number of rotatable bonds is 3. The van der Waals surface area contributed by atoms with Gasteiger partial charge in [-0.05, 0) is 37.8 Å². The minimum Gasteiger partial charge on any atom is -0.476 e. The number of ether oxygens (including phenoxy) is 1. The van der Waals surface area contributed by atoms with Crippen LogP contribution >= 0.6 is 0 Å². The van der Waals surface area contributed by atoms with E-state index >= 15 is 0 Å². The normalized spacial score (nSPS) is 17.4. The Labute approximate surface area is 115 Å². The van der Waals surface area contributed by atoms with Crippen molar-refractivity contribution in [3.8, 4) is 5.75 Å². The lowest BCUT2D eigenvalue weighted by Gasteiger charge is -2.40. The second-order valence-electron chi connectivity index (χ2n) is 5.92. The van der Waals surface area contributed by atoms with E-state index in [1.54, 1.807) is 0 Å². The van der Waals surface area contributed by atoms with Crippen molar-refractivity contribution >= 4 is 11.6 Å². The largest absolute Gasteiger partial charge is 0.476 e. The molecule has 3 nitrogen and oxygen atoms in total. The lowest BCUT2D eigenvalue weighted by Crippen LogP contribution is -2.53. The zero-order valence-corrected chi connectivity index (χ0v) is 12.5. The van der Waals surface area contributed by atoms with Gasteiger partial charge in [0.15, 0.2) is 5.60 Å². The summed E-state index contributed by atoms with van der Waals surface area (Å²) in [5, 5.41) is 0. The third-order valence-corrected chi connectivity index (χ3v) is 3.50. The molecule has 0 unspecified atom stereocenters. The summed E-state index contributed by atoms with van der Waals surface area (Å²) >= 11 is 0. The van der Waals surface area contributed by atoms with Gasteiger partial charge < -0.3 is 9.64 Å². The summed E-state index contributed by atoms with van der Waals surface area (Å²) in [6.45, 7) is 10.8. The van der Waals surface area contributed by atoms with E-state index in [0.29, 0.717) is 5.92 Å². The van der Waals surface area contributed by atoms with E-state index in [9.17, 15) is 4.79 Å². The Morgan fingerprint density at radius 2 is 2.00 bits per heavy atom. The standard InChI is InChI=1S/C16H23NO2/c1-6-10-17-13-9-7-8-12(11(2)3)14(13)19-16(4,5)15(17)18/h7-9,11H,6,10H2,1-5H3. The molecule has 2 rings (SSSR count). The summed E-state index contributed by atoms with van der Waals surface area (Å²) in [6, 6.07) is 6.06. The van der Waals surface area contributed by atoms with Gasteiger partial charge >= 0.3 is 0 Å². The Kier molecular flexibility index (Phi) is 3.57. The first-order valence-corrected chi connectivity index (χ1v) is 7.02. The minimum absolute atomic E-state index is 0.0442. The maximum atomic E-state index is 12.5. The smallest absolute Gasteiger partial charge is 0.270 e. The van der Waals surface area contributed by atoms with Crippen LogP contribution in [-0.2, 0) is 4.79 Å². The number of para-hydroxylation sites is 1. The van der Waals surface area contributed by atoms with Crippen LogP contribution in [0.15, 0.2) is 18.2 Å². The van der Waals surface area contributed by atoms with Crippen LogP contribution in [0.4, 0.5) is 5.69 Å². The molecule has 19 heavy (non-hydrogen) atoms. The molecule has 0 fully saturated rings. The molecular formula is C16H23NO2. The second-order valence-corrected chi connectivity index (χ2v) is 5.92. The number of hydrogen-bond donors (Lipinski definition) is 0. The molecule has 1 aliphatic rings. The van der Waals surface area contributed by atoms with Crippen LogP contribution in [0.1, 0.15) is 52.5 Å². The highest BCUT2D eigenvalue weighted by molar-refractivity contribution is 6.02. The molecule has 1 aliphatic heterocycles. The summed E-state index contributed by atoms with van der Waals surface area (Å²) < 4.78 is 6.01. The van der Waals surface area contributed by atoms with Crippen molar-refractivity contribution in [2.75, 3.05) is 11.4 Å². The Morgan fingerprint density at radius 1 is 1.32 bits per heavy atom. The van der Waals surface area contributed by atoms with Crippen LogP contribution in [0.2, 0.25) is 0 Å². The maximum Gasteiger partial charge on any atom is 0.270 e. The highest BCUT2D eigenvalue weighted by Crippen LogP contribution is 2.42. The van der Waals surface area contributed by atoms with Crippen LogP contribution in [0.5, 0.6) is 5.75 Å². The first-order valence-electron chi connectivity index (χ1n) is 7.02. The zero-order valence-electron chi connectivity index (χ0n) is 12.5. The van der Waals surface area contributed by atoms with Gasteiger partial charge in [0, 0.05) is 6.54 Å². The number of fused-ring (bicyclic) bond motifs is 1. The Morgan fingerprint density at radius 3 is 2.58 bits per heavy atom. The third-order valence-electron chi connectivity index (χ3n) is 3.50. The molecule has 1 heterocycles. The lowest BCUT2D eigenvalue weighted by atomic mass is 9.97. The molecule has 1 aromatic rings. The van der Waals surface area contributed by atoms with Crippen LogP contribution < -0.4 is 9.64 Å². The van der Waals surface area contributed by atoms with Gasteiger partial charge in [-0.15, -0.1) is 0 Å². The van der Waals surface area contributed by atoms with Crippen molar-refractivity contribution < 1.29 is 9.53 Å². The van der Waals surface area contributed by atoms with Crippen molar-refractivity contribution in [2.24, 2.45) is 0 Å². The molecule has 104 valence electrons. The second kappa shape index (κ2) is 4.87. The zero-order chi connectivity index (χ0) is 14.2. The van der Waals surface area contributed by atoms with Crippen LogP contribution in [0.3, 0.4) is 0 Å². The molecule has 0 spiro atoms. The Bertz CT molecular complexity index is 492. The van der Waals surface area contributed by atoms with E-state index in [0.717, 1.165) is 24.4 Å². The van der Waals surface area contributed by atoms with Crippen LogP contribution in [-0.4, -0.2) is 18.1 Å². The number of benzene rings is 1. The SMILES string of the molecule is CCCN1C(=O)C(C)(C)Oc2c(C(C)C)cccc21. The molecule has 1 aromatic carbocycles. The summed E-state index contributed by atoms with van der Waals surface area (Å²) in [4.78, 5) is 14.3. The molecule has 0 aromatic heterocycles. The lowest BCUT2D eigenvalue weighted by molar-refractivity contribution is -0.132. The molecular weight excluding hydrogens is 238 g/mol. The first kappa shape index (κ1) is 13.9. The Hall–Kier alpha value is -1.51. The summed E-state index contributed by atoms with van der Waals surface area (Å²) in [7, 11) is 0. The predicted octanol–water partition coefficient (Wildman–Crippen LogP) is 3.72. The number of anilines is 1. The topological polar surface area (TPSA) is 29.5 Å². The molecule has 0 saturated carbocycles. The van der Waals surface area contributed by atoms with E-state index in [2.05, 4.69) is 26.8 Å². The first-order chi connectivity index (χ1) is 8.88. The minimum atomic E-state index is -0.785. The van der Waals surface area contributed by atoms with Gasteiger partial charge in [-0.25, -0.2) is 0 Å². The summed E-state index contributed by atoms with van der Waals surface area (Å²) in [5.41, 5.74) is 1.30.